The molecule has 1 unspecified atom stereocenters. The molecule has 122 valence electrons. The first-order valence-corrected chi connectivity index (χ1v) is 8.14. The number of carbonyl (C=O) groups excluding carboxylic acids is 1. The fourth-order valence-electron chi connectivity index (χ4n) is 3.04. The van der Waals surface area contributed by atoms with Gasteiger partial charge < -0.3 is 9.84 Å². The number of nitrogens with zero attached hydrogens (tertiary/aromatic N) is 2. The first kappa shape index (κ1) is 15.7. The minimum Gasteiger partial charge on any atom is -0.350 e. The van der Waals surface area contributed by atoms with Gasteiger partial charge in [-0.1, -0.05) is 28.9 Å². The number of benzene rings is 1. The predicted octanol–water partition coefficient (Wildman–Crippen LogP) is 2.85. The van der Waals surface area contributed by atoms with Crippen molar-refractivity contribution >= 4 is 16.8 Å². The molecular formula is C18H23N3O2. The van der Waals surface area contributed by atoms with Gasteiger partial charge in [-0.15, -0.1) is 0 Å². The largest absolute Gasteiger partial charge is 0.350 e. The summed E-state index contributed by atoms with van der Waals surface area (Å²) in [4.78, 5) is 14.8. The van der Waals surface area contributed by atoms with Gasteiger partial charge in [-0.25, -0.2) is 0 Å². The van der Waals surface area contributed by atoms with Crippen LogP contribution in [0.1, 0.15) is 30.8 Å². The predicted molar refractivity (Wildman–Crippen MR) is 90.3 cm³/mol. The van der Waals surface area contributed by atoms with Gasteiger partial charge in [0.15, 0.2) is 0 Å². The highest BCUT2D eigenvalue weighted by Gasteiger charge is 2.24. The smallest absolute Gasteiger partial charge is 0.290 e. The molecular weight excluding hydrogens is 290 g/mol. The van der Waals surface area contributed by atoms with Crippen LogP contribution in [0.5, 0.6) is 0 Å². The quantitative estimate of drug-likeness (QED) is 0.862. The Morgan fingerprint density at radius 1 is 1.48 bits per heavy atom. The molecule has 1 aromatic heterocycles. The maximum absolute atomic E-state index is 12.3. The number of carbonyl (C=O) groups is 1. The summed E-state index contributed by atoms with van der Waals surface area (Å²) in [5.41, 5.74) is 2.11. The van der Waals surface area contributed by atoms with Crippen LogP contribution in [-0.4, -0.2) is 42.1 Å². The molecule has 0 radical (unpaired) electrons. The molecule has 1 aliphatic rings. The number of hydrogen-bond donors (Lipinski definition) is 1. The van der Waals surface area contributed by atoms with E-state index in [1.165, 1.54) is 5.57 Å². The Balaban J connectivity index is 1.54. The Bertz CT molecular complexity index is 720. The molecule has 5 heteroatoms. The zero-order chi connectivity index (χ0) is 16.2. The summed E-state index contributed by atoms with van der Waals surface area (Å²) in [6, 6.07) is 7.47. The van der Waals surface area contributed by atoms with Crippen molar-refractivity contribution in [3.05, 3.63) is 41.7 Å². The minimum atomic E-state index is -0.179. The second-order valence-electron chi connectivity index (χ2n) is 6.26. The monoisotopic (exact) mass is 313 g/mol. The number of likely N-dealkylation sites (tertiary alicyclic amines) is 1. The standard InChI is InChI=1S/C18H23N3O2/c1-3-13(2)11-21-9-8-14(12-21)10-19-18(22)17-15-6-4-5-7-16(15)20-23-17/h3-7,14H,8-12H2,1-2H3,(H,19,22)/b13-3+. The fraction of sp³-hybridized carbons (Fsp3) is 0.444. The molecule has 1 saturated heterocycles. The van der Waals surface area contributed by atoms with E-state index >= 15 is 0 Å². The molecule has 0 saturated carbocycles. The van der Waals surface area contributed by atoms with E-state index < -0.39 is 0 Å². The summed E-state index contributed by atoms with van der Waals surface area (Å²) < 4.78 is 5.20. The van der Waals surface area contributed by atoms with Crippen molar-refractivity contribution in [2.24, 2.45) is 5.92 Å². The molecule has 0 aliphatic carbocycles. The number of fused-ring (bicyclic) bond motifs is 1. The highest BCUT2D eigenvalue weighted by atomic mass is 16.5. The van der Waals surface area contributed by atoms with E-state index in [0.717, 1.165) is 31.4 Å². The Morgan fingerprint density at radius 3 is 3.13 bits per heavy atom. The van der Waals surface area contributed by atoms with Crippen LogP contribution in [0.3, 0.4) is 0 Å². The average molecular weight is 313 g/mol. The number of hydrogen-bond acceptors (Lipinski definition) is 4. The molecule has 1 fully saturated rings. The molecule has 5 nitrogen and oxygen atoms in total. The number of allylic oxidation sites excluding steroid dienone is 1. The Kier molecular flexibility index (Phi) is 4.76. The van der Waals surface area contributed by atoms with E-state index in [2.05, 4.69) is 35.3 Å². The maximum Gasteiger partial charge on any atom is 0.290 e. The summed E-state index contributed by atoms with van der Waals surface area (Å²) >= 11 is 0. The van der Waals surface area contributed by atoms with Crippen LogP contribution in [0.4, 0.5) is 0 Å². The maximum atomic E-state index is 12.3. The second-order valence-corrected chi connectivity index (χ2v) is 6.26. The van der Waals surface area contributed by atoms with E-state index in [0.29, 0.717) is 23.7 Å². The lowest BCUT2D eigenvalue weighted by Crippen LogP contribution is -2.31. The number of nitrogens with one attached hydrogen (secondary N) is 1. The average Bonchev–Trinajstić information content (AvgIpc) is 3.19. The lowest BCUT2D eigenvalue weighted by atomic mass is 10.1. The van der Waals surface area contributed by atoms with Crippen LogP contribution in [-0.2, 0) is 0 Å². The molecule has 1 aromatic carbocycles. The van der Waals surface area contributed by atoms with Crippen molar-refractivity contribution in [2.75, 3.05) is 26.2 Å². The van der Waals surface area contributed by atoms with Crippen molar-refractivity contribution in [2.45, 2.75) is 20.3 Å². The lowest BCUT2D eigenvalue weighted by Gasteiger charge is -2.16. The zero-order valence-electron chi connectivity index (χ0n) is 13.7. The topological polar surface area (TPSA) is 58.4 Å². The minimum absolute atomic E-state index is 0.179. The summed E-state index contributed by atoms with van der Waals surface area (Å²) in [5, 5.41) is 7.68. The number of aromatic nitrogens is 1. The van der Waals surface area contributed by atoms with Crippen LogP contribution in [0.2, 0.25) is 0 Å². The molecule has 1 N–H and O–H groups in total. The van der Waals surface area contributed by atoms with Gasteiger partial charge in [0.05, 0.1) is 5.39 Å². The molecule has 1 atom stereocenters. The fourth-order valence-corrected chi connectivity index (χ4v) is 3.04. The van der Waals surface area contributed by atoms with Gasteiger partial charge in [0.1, 0.15) is 5.52 Å². The van der Waals surface area contributed by atoms with Gasteiger partial charge in [0.2, 0.25) is 5.76 Å². The first-order valence-electron chi connectivity index (χ1n) is 8.14. The van der Waals surface area contributed by atoms with Crippen LogP contribution >= 0.6 is 0 Å². The zero-order valence-corrected chi connectivity index (χ0v) is 13.7. The van der Waals surface area contributed by atoms with E-state index in [1.807, 2.05) is 24.3 Å². The third kappa shape index (κ3) is 3.62. The first-order chi connectivity index (χ1) is 11.2. The molecule has 2 heterocycles. The molecule has 3 rings (SSSR count). The third-order valence-electron chi connectivity index (χ3n) is 4.48. The van der Waals surface area contributed by atoms with Crippen molar-refractivity contribution in [3.63, 3.8) is 0 Å². The normalized spacial score (nSPS) is 19.4. The highest BCUT2D eigenvalue weighted by Crippen LogP contribution is 2.19. The van der Waals surface area contributed by atoms with Gasteiger partial charge >= 0.3 is 0 Å². The molecule has 0 bridgehead atoms. The van der Waals surface area contributed by atoms with Gasteiger partial charge in [0, 0.05) is 19.6 Å². The molecule has 1 aliphatic heterocycles. The van der Waals surface area contributed by atoms with Crippen LogP contribution in [0.25, 0.3) is 10.9 Å². The van der Waals surface area contributed by atoms with E-state index in [-0.39, 0.29) is 5.91 Å². The third-order valence-corrected chi connectivity index (χ3v) is 4.48. The molecule has 23 heavy (non-hydrogen) atoms. The molecule has 0 spiro atoms. The summed E-state index contributed by atoms with van der Waals surface area (Å²) in [5.74, 6) is 0.625. The van der Waals surface area contributed by atoms with E-state index in [9.17, 15) is 4.79 Å². The lowest BCUT2D eigenvalue weighted by molar-refractivity contribution is 0.0913. The van der Waals surface area contributed by atoms with Gasteiger partial charge in [0.25, 0.3) is 5.91 Å². The van der Waals surface area contributed by atoms with Gasteiger partial charge in [-0.2, -0.15) is 0 Å². The van der Waals surface area contributed by atoms with Crippen LogP contribution in [0, 0.1) is 5.92 Å². The van der Waals surface area contributed by atoms with Gasteiger partial charge in [-0.3, -0.25) is 9.69 Å². The van der Waals surface area contributed by atoms with E-state index in [1.54, 1.807) is 0 Å². The second kappa shape index (κ2) is 6.96. The Morgan fingerprint density at radius 2 is 2.30 bits per heavy atom. The number of amides is 1. The van der Waals surface area contributed by atoms with Gasteiger partial charge in [-0.05, 0) is 44.9 Å². The van der Waals surface area contributed by atoms with E-state index in [4.69, 9.17) is 4.52 Å². The molecule has 1 amide bonds. The van der Waals surface area contributed by atoms with Crippen LogP contribution in [0.15, 0.2) is 40.4 Å². The summed E-state index contributed by atoms with van der Waals surface area (Å²) in [6.45, 7) is 8.06. The number of rotatable bonds is 5. The van der Waals surface area contributed by atoms with Crippen molar-refractivity contribution in [1.82, 2.24) is 15.4 Å². The summed E-state index contributed by atoms with van der Waals surface area (Å²) in [6.07, 6.45) is 3.28. The SMILES string of the molecule is C/C=C(\C)CN1CCC(CNC(=O)c2onc3ccccc23)C1. The highest BCUT2D eigenvalue weighted by molar-refractivity contribution is 6.03. The summed E-state index contributed by atoms with van der Waals surface area (Å²) in [7, 11) is 0. The van der Waals surface area contributed by atoms with Crippen LogP contribution < -0.4 is 5.32 Å². The van der Waals surface area contributed by atoms with Crippen molar-refractivity contribution < 1.29 is 9.32 Å². The van der Waals surface area contributed by atoms with Crippen molar-refractivity contribution in [3.8, 4) is 0 Å². The molecule has 2 aromatic rings. The van der Waals surface area contributed by atoms with Crippen molar-refractivity contribution in [1.29, 1.82) is 0 Å². The Labute approximate surface area is 136 Å². The Hall–Kier alpha value is -2.14.